The monoisotopic (exact) mass is 232 g/mol. The van der Waals surface area contributed by atoms with Crippen LogP contribution in [0, 0.1) is 0 Å². The van der Waals surface area contributed by atoms with Gasteiger partial charge in [0.15, 0.2) is 0 Å². The second-order valence-electron chi connectivity index (χ2n) is 4.26. The van der Waals surface area contributed by atoms with Gasteiger partial charge in [0.05, 0.1) is 6.10 Å². The Morgan fingerprint density at radius 1 is 1.29 bits per heavy atom. The van der Waals surface area contributed by atoms with Gasteiger partial charge < -0.3 is 4.74 Å². The van der Waals surface area contributed by atoms with Crippen molar-refractivity contribution in [2.24, 2.45) is 0 Å². The summed E-state index contributed by atoms with van der Waals surface area (Å²) in [7, 11) is 0. The Hall–Kier alpha value is -1.48. The maximum absolute atomic E-state index is 11.7. The summed E-state index contributed by atoms with van der Waals surface area (Å²) in [5, 5.41) is 0. The van der Waals surface area contributed by atoms with E-state index in [1.165, 1.54) is 0 Å². The smallest absolute Gasteiger partial charge is 0.229 e. The molecule has 0 spiro atoms. The van der Waals surface area contributed by atoms with E-state index in [1.807, 2.05) is 12.1 Å². The van der Waals surface area contributed by atoms with Crippen LogP contribution in [0.1, 0.15) is 48.2 Å². The number of ketones is 2. The van der Waals surface area contributed by atoms with Gasteiger partial charge in [0.2, 0.25) is 11.6 Å². The van der Waals surface area contributed by atoms with E-state index in [2.05, 4.69) is 6.92 Å². The molecule has 1 aliphatic rings. The van der Waals surface area contributed by atoms with Crippen LogP contribution in [-0.2, 0) is 9.53 Å². The van der Waals surface area contributed by atoms with Crippen molar-refractivity contribution in [2.75, 3.05) is 6.61 Å². The van der Waals surface area contributed by atoms with E-state index in [0.717, 1.165) is 18.4 Å². The molecule has 90 valence electrons. The molecule has 3 heteroatoms. The molecule has 0 fully saturated rings. The highest BCUT2D eigenvalue weighted by molar-refractivity contribution is 6.45. The fraction of sp³-hybridized carbons (Fsp3) is 0.429. The lowest BCUT2D eigenvalue weighted by molar-refractivity contribution is -0.118. The van der Waals surface area contributed by atoms with Crippen LogP contribution in [0.25, 0.3) is 0 Å². The normalized spacial score (nSPS) is 19.2. The van der Waals surface area contributed by atoms with Gasteiger partial charge in [-0.05, 0) is 12.0 Å². The Bertz CT molecular complexity index is 437. The van der Waals surface area contributed by atoms with E-state index in [0.29, 0.717) is 12.2 Å². The number of hydrogen-bond donors (Lipinski definition) is 0. The molecular weight excluding hydrogens is 216 g/mol. The second kappa shape index (κ2) is 5.23. The van der Waals surface area contributed by atoms with E-state index in [-0.39, 0.29) is 24.1 Å². The van der Waals surface area contributed by atoms with Crippen LogP contribution in [0.3, 0.4) is 0 Å². The lowest BCUT2D eigenvalue weighted by atomic mass is 9.87. The van der Waals surface area contributed by atoms with Crippen LogP contribution in [0.15, 0.2) is 24.3 Å². The standard InChI is InChI=1S/C14H16O3/c1-2-3-8-17-13-9-12(15)14(16)11-7-5-4-6-10(11)13/h4-7,13H,2-3,8-9H2,1H3. The average Bonchev–Trinajstić information content (AvgIpc) is 2.36. The van der Waals surface area contributed by atoms with Crippen molar-refractivity contribution in [3.63, 3.8) is 0 Å². The lowest BCUT2D eigenvalue weighted by Crippen LogP contribution is -2.27. The quantitative estimate of drug-likeness (QED) is 0.592. The first kappa shape index (κ1) is 12.0. The highest BCUT2D eigenvalue weighted by atomic mass is 16.5. The molecule has 0 amide bonds. The van der Waals surface area contributed by atoms with Crippen molar-refractivity contribution in [1.29, 1.82) is 0 Å². The fourth-order valence-corrected chi connectivity index (χ4v) is 2.02. The molecule has 1 aromatic carbocycles. The first-order valence-corrected chi connectivity index (χ1v) is 6.02. The molecule has 0 heterocycles. The summed E-state index contributed by atoms with van der Waals surface area (Å²) in [6.45, 7) is 2.73. The number of hydrogen-bond acceptors (Lipinski definition) is 3. The number of unbranched alkanes of at least 4 members (excludes halogenated alkanes) is 1. The number of carbonyl (C=O) groups excluding carboxylic acids is 2. The lowest BCUT2D eigenvalue weighted by Gasteiger charge is -2.23. The second-order valence-corrected chi connectivity index (χ2v) is 4.26. The minimum Gasteiger partial charge on any atom is -0.373 e. The van der Waals surface area contributed by atoms with Gasteiger partial charge in [-0.3, -0.25) is 9.59 Å². The van der Waals surface area contributed by atoms with E-state index in [9.17, 15) is 9.59 Å². The molecule has 0 aromatic heterocycles. The Morgan fingerprint density at radius 3 is 2.82 bits per heavy atom. The van der Waals surface area contributed by atoms with E-state index in [1.54, 1.807) is 12.1 Å². The van der Waals surface area contributed by atoms with E-state index >= 15 is 0 Å². The first-order valence-electron chi connectivity index (χ1n) is 6.02. The van der Waals surface area contributed by atoms with Gasteiger partial charge in [-0.25, -0.2) is 0 Å². The summed E-state index contributed by atoms with van der Waals surface area (Å²) in [6.07, 6.45) is 1.96. The van der Waals surface area contributed by atoms with Crippen molar-refractivity contribution in [1.82, 2.24) is 0 Å². The van der Waals surface area contributed by atoms with Crippen LogP contribution in [0.5, 0.6) is 0 Å². The Morgan fingerprint density at radius 2 is 2.06 bits per heavy atom. The number of Topliss-reactive ketones (excluding diaryl/α,β-unsaturated/α-hetero) is 2. The maximum atomic E-state index is 11.7. The largest absolute Gasteiger partial charge is 0.373 e. The molecule has 1 aliphatic carbocycles. The number of benzene rings is 1. The molecule has 1 aromatic rings. The van der Waals surface area contributed by atoms with Gasteiger partial charge in [0.1, 0.15) is 0 Å². The van der Waals surface area contributed by atoms with Gasteiger partial charge >= 0.3 is 0 Å². The predicted molar refractivity (Wildman–Crippen MR) is 64.0 cm³/mol. The van der Waals surface area contributed by atoms with E-state index < -0.39 is 0 Å². The van der Waals surface area contributed by atoms with Crippen LogP contribution >= 0.6 is 0 Å². The van der Waals surface area contributed by atoms with Crippen molar-refractivity contribution in [3.8, 4) is 0 Å². The topological polar surface area (TPSA) is 43.4 Å². The third kappa shape index (κ3) is 2.44. The third-order valence-corrected chi connectivity index (χ3v) is 2.99. The third-order valence-electron chi connectivity index (χ3n) is 2.99. The van der Waals surface area contributed by atoms with Crippen LogP contribution in [0.4, 0.5) is 0 Å². The van der Waals surface area contributed by atoms with Crippen molar-refractivity contribution in [3.05, 3.63) is 35.4 Å². The molecule has 1 unspecified atom stereocenters. The molecular formula is C14H16O3. The van der Waals surface area contributed by atoms with Gasteiger partial charge in [-0.2, -0.15) is 0 Å². The molecule has 0 bridgehead atoms. The molecule has 1 atom stereocenters. The summed E-state index contributed by atoms with van der Waals surface area (Å²) in [4.78, 5) is 23.3. The SMILES string of the molecule is CCCCOC1CC(=O)C(=O)c2ccccc21. The Balaban J connectivity index is 2.21. The summed E-state index contributed by atoms with van der Waals surface area (Å²) < 4.78 is 5.70. The zero-order valence-electron chi connectivity index (χ0n) is 9.94. The zero-order valence-corrected chi connectivity index (χ0v) is 9.94. The summed E-state index contributed by atoms with van der Waals surface area (Å²) in [5.74, 6) is -0.721. The predicted octanol–water partition coefficient (Wildman–Crippen LogP) is 2.70. The van der Waals surface area contributed by atoms with Gasteiger partial charge in [-0.1, -0.05) is 37.6 Å². The summed E-state index contributed by atoms with van der Waals surface area (Å²) in [6, 6.07) is 7.22. The van der Waals surface area contributed by atoms with Crippen LogP contribution in [0.2, 0.25) is 0 Å². The molecule has 0 saturated heterocycles. The Kier molecular flexibility index (Phi) is 3.69. The van der Waals surface area contributed by atoms with Gasteiger partial charge in [0, 0.05) is 18.6 Å². The first-order chi connectivity index (χ1) is 8.24. The molecule has 0 N–H and O–H groups in total. The number of rotatable bonds is 4. The minimum absolute atomic E-state index is 0.180. The van der Waals surface area contributed by atoms with Crippen LogP contribution < -0.4 is 0 Å². The Labute approximate surface area is 101 Å². The molecule has 0 saturated carbocycles. The molecule has 3 nitrogen and oxygen atoms in total. The van der Waals surface area contributed by atoms with Crippen molar-refractivity contribution < 1.29 is 14.3 Å². The zero-order chi connectivity index (χ0) is 12.3. The highest BCUT2D eigenvalue weighted by Crippen LogP contribution is 2.30. The number of carbonyl (C=O) groups is 2. The minimum atomic E-state index is -0.379. The number of fused-ring (bicyclic) bond motifs is 1. The van der Waals surface area contributed by atoms with Crippen molar-refractivity contribution >= 4 is 11.6 Å². The van der Waals surface area contributed by atoms with Crippen molar-refractivity contribution in [2.45, 2.75) is 32.3 Å². The fourth-order valence-electron chi connectivity index (χ4n) is 2.02. The average molecular weight is 232 g/mol. The number of ether oxygens (including phenoxy) is 1. The highest BCUT2D eigenvalue weighted by Gasteiger charge is 2.32. The maximum Gasteiger partial charge on any atom is 0.229 e. The molecule has 2 rings (SSSR count). The van der Waals surface area contributed by atoms with Crippen LogP contribution in [-0.4, -0.2) is 18.2 Å². The summed E-state index contributed by atoms with van der Waals surface area (Å²) >= 11 is 0. The molecule has 0 radical (unpaired) electrons. The molecule has 0 aliphatic heterocycles. The summed E-state index contributed by atoms with van der Waals surface area (Å²) in [5.41, 5.74) is 1.36. The van der Waals surface area contributed by atoms with E-state index in [4.69, 9.17) is 4.74 Å². The molecule has 17 heavy (non-hydrogen) atoms. The van der Waals surface area contributed by atoms with Gasteiger partial charge in [-0.15, -0.1) is 0 Å². The van der Waals surface area contributed by atoms with Gasteiger partial charge in [0.25, 0.3) is 0 Å².